The predicted molar refractivity (Wildman–Crippen MR) is 76.6 cm³/mol. The molecule has 0 spiro atoms. The quantitative estimate of drug-likeness (QED) is 0.894. The van der Waals surface area contributed by atoms with Crippen molar-refractivity contribution in [2.75, 3.05) is 5.32 Å². The number of hydrogen-bond donors (Lipinski definition) is 2. The smallest absolute Gasteiger partial charge is 0.238 e. The number of amides is 1. The third-order valence-corrected chi connectivity index (χ3v) is 3.56. The van der Waals surface area contributed by atoms with Gasteiger partial charge in [0.2, 0.25) is 15.9 Å². The summed E-state index contributed by atoms with van der Waals surface area (Å²) >= 11 is 0. The average molecular weight is 290 g/mol. The number of rotatable bonds is 4. The number of nitrogens with one attached hydrogen (secondary N) is 1. The van der Waals surface area contributed by atoms with Crippen molar-refractivity contribution in [1.29, 1.82) is 0 Å². The van der Waals surface area contributed by atoms with E-state index in [4.69, 9.17) is 5.14 Å². The van der Waals surface area contributed by atoms with Gasteiger partial charge in [-0.1, -0.05) is 36.4 Å². The van der Waals surface area contributed by atoms with Gasteiger partial charge in [0.05, 0.1) is 11.3 Å². The van der Waals surface area contributed by atoms with Gasteiger partial charge in [0, 0.05) is 5.69 Å². The van der Waals surface area contributed by atoms with Gasteiger partial charge in [0.25, 0.3) is 0 Å². The normalized spacial score (nSPS) is 11.1. The van der Waals surface area contributed by atoms with Crippen molar-refractivity contribution >= 4 is 21.6 Å². The molecule has 0 unspecified atom stereocenters. The Morgan fingerprint density at radius 1 is 1.05 bits per heavy atom. The highest BCUT2D eigenvalue weighted by Crippen LogP contribution is 2.14. The van der Waals surface area contributed by atoms with E-state index in [-0.39, 0.29) is 17.2 Å². The molecule has 0 heterocycles. The van der Waals surface area contributed by atoms with Crippen molar-refractivity contribution in [3.05, 3.63) is 60.2 Å². The fourth-order valence-corrected chi connectivity index (χ4v) is 2.30. The number of hydrogen-bond acceptors (Lipinski definition) is 3. The van der Waals surface area contributed by atoms with E-state index in [1.165, 1.54) is 18.2 Å². The maximum Gasteiger partial charge on any atom is 0.238 e. The van der Waals surface area contributed by atoms with Crippen molar-refractivity contribution in [2.45, 2.75) is 11.3 Å². The van der Waals surface area contributed by atoms with Gasteiger partial charge in [-0.25, -0.2) is 13.6 Å². The molecule has 6 heteroatoms. The first-order valence-corrected chi connectivity index (χ1v) is 7.46. The molecule has 1 amide bonds. The van der Waals surface area contributed by atoms with E-state index in [1.54, 1.807) is 6.07 Å². The van der Waals surface area contributed by atoms with Crippen LogP contribution in [0.2, 0.25) is 0 Å². The van der Waals surface area contributed by atoms with E-state index < -0.39 is 10.0 Å². The molecule has 0 saturated heterocycles. The second kappa shape index (κ2) is 5.85. The standard InChI is InChI=1S/C14H14N2O3S/c15-20(18,19)13-8-4-7-12(10-13)16-14(17)9-11-5-2-1-3-6-11/h1-8,10H,9H2,(H,16,17)(H2,15,18,19). The van der Waals surface area contributed by atoms with Crippen molar-refractivity contribution in [2.24, 2.45) is 5.14 Å². The van der Waals surface area contributed by atoms with Gasteiger partial charge >= 0.3 is 0 Å². The van der Waals surface area contributed by atoms with E-state index in [0.29, 0.717) is 5.69 Å². The lowest BCUT2D eigenvalue weighted by Crippen LogP contribution is -2.16. The molecule has 3 N–H and O–H groups in total. The number of nitrogens with two attached hydrogens (primary N) is 1. The number of anilines is 1. The Balaban J connectivity index is 2.09. The van der Waals surface area contributed by atoms with Crippen molar-refractivity contribution < 1.29 is 13.2 Å². The first-order valence-electron chi connectivity index (χ1n) is 5.92. The lowest BCUT2D eigenvalue weighted by atomic mass is 10.1. The summed E-state index contributed by atoms with van der Waals surface area (Å²) in [4.78, 5) is 11.8. The summed E-state index contributed by atoms with van der Waals surface area (Å²) in [5.74, 6) is -0.220. The second-order valence-corrected chi connectivity index (χ2v) is 5.84. The highest BCUT2D eigenvalue weighted by atomic mass is 32.2. The number of carbonyl (C=O) groups is 1. The van der Waals surface area contributed by atoms with Crippen LogP contribution >= 0.6 is 0 Å². The van der Waals surface area contributed by atoms with E-state index in [2.05, 4.69) is 5.32 Å². The molecule has 0 radical (unpaired) electrons. The molecule has 104 valence electrons. The molecule has 0 saturated carbocycles. The van der Waals surface area contributed by atoms with Crippen molar-refractivity contribution in [3.8, 4) is 0 Å². The SMILES string of the molecule is NS(=O)(=O)c1cccc(NC(=O)Cc2ccccc2)c1. The molecule has 0 atom stereocenters. The fraction of sp³-hybridized carbons (Fsp3) is 0.0714. The Kier molecular flexibility index (Phi) is 4.16. The average Bonchev–Trinajstić information content (AvgIpc) is 2.39. The van der Waals surface area contributed by atoms with E-state index in [9.17, 15) is 13.2 Å². The molecular weight excluding hydrogens is 276 g/mol. The van der Waals surface area contributed by atoms with E-state index in [1.807, 2.05) is 30.3 Å². The van der Waals surface area contributed by atoms with Crippen molar-refractivity contribution in [1.82, 2.24) is 0 Å². The van der Waals surface area contributed by atoms with Crippen LogP contribution < -0.4 is 10.5 Å². The summed E-state index contributed by atoms with van der Waals surface area (Å²) in [5, 5.41) is 7.68. The maximum atomic E-state index is 11.9. The second-order valence-electron chi connectivity index (χ2n) is 4.28. The first kappa shape index (κ1) is 14.2. The molecule has 2 aromatic carbocycles. The zero-order chi connectivity index (χ0) is 14.6. The number of primary sulfonamides is 1. The van der Waals surface area contributed by atoms with Gasteiger partial charge in [-0.05, 0) is 23.8 Å². The zero-order valence-corrected chi connectivity index (χ0v) is 11.4. The fourth-order valence-electron chi connectivity index (χ4n) is 1.74. The summed E-state index contributed by atoms with van der Waals surface area (Å²) < 4.78 is 22.5. The Hall–Kier alpha value is -2.18. The minimum Gasteiger partial charge on any atom is -0.326 e. The predicted octanol–water partition coefficient (Wildman–Crippen LogP) is 1.52. The Morgan fingerprint density at radius 2 is 1.75 bits per heavy atom. The maximum absolute atomic E-state index is 11.9. The Bertz CT molecular complexity index is 712. The minimum absolute atomic E-state index is 0.0324. The molecule has 0 aliphatic heterocycles. The first-order chi connectivity index (χ1) is 9.45. The van der Waals surface area contributed by atoms with Crippen LogP contribution in [0, 0.1) is 0 Å². The van der Waals surface area contributed by atoms with Crippen LogP contribution in [-0.2, 0) is 21.2 Å². The molecule has 0 aliphatic carbocycles. The van der Waals surface area contributed by atoms with Crippen LogP contribution in [0.3, 0.4) is 0 Å². The van der Waals surface area contributed by atoms with Crippen LogP contribution in [0.25, 0.3) is 0 Å². The number of carbonyl (C=O) groups excluding carboxylic acids is 1. The monoisotopic (exact) mass is 290 g/mol. The lowest BCUT2D eigenvalue weighted by Gasteiger charge is -2.06. The molecule has 0 aromatic heterocycles. The van der Waals surface area contributed by atoms with Gasteiger partial charge in [0.1, 0.15) is 0 Å². The molecule has 20 heavy (non-hydrogen) atoms. The third-order valence-electron chi connectivity index (χ3n) is 2.65. The summed E-state index contributed by atoms with van der Waals surface area (Å²) in [6.45, 7) is 0. The summed E-state index contributed by atoms with van der Waals surface area (Å²) in [6.07, 6.45) is 0.223. The molecule has 5 nitrogen and oxygen atoms in total. The molecule has 0 fully saturated rings. The molecule has 0 aliphatic rings. The zero-order valence-electron chi connectivity index (χ0n) is 10.6. The molecular formula is C14H14N2O3S. The van der Waals surface area contributed by atoms with Gasteiger partial charge in [-0.3, -0.25) is 4.79 Å². The number of sulfonamides is 1. The van der Waals surface area contributed by atoms with Gasteiger partial charge in [-0.2, -0.15) is 0 Å². The highest BCUT2D eigenvalue weighted by molar-refractivity contribution is 7.89. The van der Waals surface area contributed by atoms with Crippen LogP contribution in [0.15, 0.2) is 59.5 Å². The van der Waals surface area contributed by atoms with Crippen LogP contribution in [0.5, 0.6) is 0 Å². The summed E-state index contributed by atoms with van der Waals surface area (Å²) in [6, 6.07) is 15.1. The van der Waals surface area contributed by atoms with E-state index in [0.717, 1.165) is 5.56 Å². The minimum atomic E-state index is -3.77. The van der Waals surface area contributed by atoms with Gasteiger partial charge in [0.15, 0.2) is 0 Å². The van der Waals surface area contributed by atoms with Crippen molar-refractivity contribution in [3.63, 3.8) is 0 Å². The van der Waals surface area contributed by atoms with Gasteiger partial charge < -0.3 is 5.32 Å². The molecule has 2 rings (SSSR count). The Labute approximate surface area is 117 Å². The number of benzene rings is 2. The van der Waals surface area contributed by atoms with Crippen LogP contribution in [-0.4, -0.2) is 14.3 Å². The summed E-state index contributed by atoms with van der Waals surface area (Å²) in [5.41, 5.74) is 1.28. The third kappa shape index (κ3) is 3.91. The van der Waals surface area contributed by atoms with E-state index >= 15 is 0 Å². The van der Waals surface area contributed by atoms with Crippen LogP contribution in [0.4, 0.5) is 5.69 Å². The largest absolute Gasteiger partial charge is 0.326 e. The Morgan fingerprint density at radius 3 is 2.40 bits per heavy atom. The molecule has 0 bridgehead atoms. The lowest BCUT2D eigenvalue weighted by molar-refractivity contribution is -0.115. The van der Waals surface area contributed by atoms with Gasteiger partial charge in [-0.15, -0.1) is 0 Å². The summed E-state index contributed by atoms with van der Waals surface area (Å²) in [7, 11) is -3.77. The molecule has 2 aromatic rings. The topological polar surface area (TPSA) is 89.3 Å². The highest BCUT2D eigenvalue weighted by Gasteiger charge is 2.09. The van der Waals surface area contributed by atoms with Crippen LogP contribution in [0.1, 0.15) is 5.56 Å².